The van der Waals surface area contributed by atoms with E-state index in [-0.39, 0.29) is 10.9 Å². The maximum Gasteiger partial charge on any atom is 0.210 e. The fraction of sp³-hybridized carbons (Fsp3) is 0.0833. The molecular formula is C12H5BrF4O2S. The van der Waals surface area contributed by atoms with Crippen molar-refractivity contribution >= 4 is 33.0 Å². The molecule has 20 heavy (non-hydrogen) atoms. The highest BCUT2D eigenvalue weighted by molar-refractivity contribution is 9.11. The van der Waals surface area contributed by atoms with Gasteiger partial charge in [0.25, 0.3) is 0 Å². The van der Waals surface area contributed by atoms with Gasteiger partial charge in [0.1, 0.15) is 0 Å². The molecule has 0 saturated carbocycles. The van der Waals surface area contributed by atoms with Gasteiger partial charge in [-0.15, -0.1) is 11.3 Å². The van der Waals surface area contributed by atoms with Crippen LogP contribution in [0.3, 0.4) is 0 Å². The molecule has 106 valence electrons. The highest BCUT2D eigenvalue weighted by Crippen LogP contribution is 2.27. The second kappa shape index (κ2) is 5.92. The third-order valence-corrected chi connectivity index (χ3v) is 3.93. The van der Waals surface area contributed by atoms with Crippen LogP contribution in [0.15, 0.2) is 22.0 Å². The number of carbonyl (C=O) groups is 1. The van der Waals surface area contributed by atoms with E-state index < -0.39 is 41.4 Å². The molecule has 0 fully saturated rings. The molecule has 2 nitrogen and oxygen atoms in total. The van der Waals surface area contributed by atoms with Gasteiger partial charge < -0.3 is 4.74 Å². The monoisotopic (exact) mass is 368 g/mol. The number of thiophene rings is 1. The van der Waals surface area contributed by atoms with Gasteiger partial charge in [-0.25, -0.2) is 8.78 Å². The van der Waals surface area contributed by atoms with Crippen molar-refractivity contribution in [2.45, 2.75) is 0 Å². The van der Waals surface area contributed by atoms with Crippen molar-refractivity contribution in [3.63, 3.8) is 0 Å². The van der Waals surface area contributed by atoms with Crippen LogP contribution in [-0.4, -0.2) is 12.4 Å². The van der Waals surface area contributed by atoms with E-state index in [4.69, 9.17) is 0 Å². The summed E-state index contributed by atoms with van der Waals surface area (Å²) in [5.41, 5.74) is 0. The normalized spacial score (nSPS) is 10.7. The Hall–Kier alpha value is -1.41. The van der Waals surface area contributed by atoms with Crippen molar-refractivity contribution in [2.75, 3.05) is 6.61 Å². The van der Waals surface area contributed by atoms with Crippen molar-refractivity contribution in [3.8, 4) is 5.75 Å². The van der Waals surface area contributed by atoms with Gasteiger partial charge in [0, 0.05) is 6.07 Å². The van der Waals surface area contributed by atoms with Crippen molar-refractivity contribution in [3.05, 3.63) is 50.1 Å². The van der Waals surface area contributed by atoms with E-state index in [1.165, 1.54) is 6.07 Å². The molecule has 0 spiro atoms. The molecule has 1 aromatic heterocycles. The first-order chi connectivity index (χ1) is 9.40. The number of benzene rings is 1. The fourth-order valence-corrected chi connectivity index (χ4v) is 2.66. The molecular weight excluding hydrogens is 364 g/mol. The first-order valence-electron chi connectivity index (χ1n) is 5.14. The predicted octanol–water partition coefficient (Wildman–Crippen LogP) is 4.33. The molecule has 0 bridgehead atoms. The van der Waals surface area contributed by atoms with Gasteiger partial charge in [0.15, 0.2) is 24.0 Å². The Morgan fingerprint density at radius 2 is 1.75 bits per heavy atom. The summed E-state index contributed by atoms with van der Waals surface area (Å²) in [6.07, 6.45) is 0. The summed E-state index contributed by atoms with van der Waals surface area (Å²) in [6.45, 7) is -0.732. The van der Waals surface area contributed by atoms with E-state index in [1.54, 1.807) is 6.07 Å². The average molecular weight is 369 g/mol. The highest BCUT2D eigenvalue weighted by Gasteiger charge is 2.21. The Kier molecular flexibility index (Phi) is 4.44. The Balaban J connectivity index is 2.17. The van der Waals surface area contributed by atoms with E-state index in [0.717, 1.165) is 11.3 Å². The van der Waals surface area contributed by atoms with Gasteiger partial charge in [-0.1, -0.05) is 0 Å². The second-order valence-corrected chi connectivity index (χ2v) is 6.08. The molecule has 0 aliphatic heterocycles. The number of hydrogen-bond acceptors (Lipinski definition) is 3. The van der Waals surface area contributed by atoms with E-state index in [1.807, 2.05) is 0 Å². The number of hydrogen-bond donors (Lipinski definition) is 0. The summed E-state index contributed by atoms with van der Waals surface area (Å²) in [4.78, 5) is 11.9. The molecule has 0 unspecified atom stereocenters. The van der Waals surface area contributed by atoms with Crippen molar-refractivity contribution in [1.29, 1.82) is 0 Å². The fourth-order valence-electron chi connectivity index (χ4n) is 1.35. The van der Waals surface area contributed by atoms with Crippen LogP contribution in [0.5, 0.6) is 5.75 Å². The van der Waals surface area contributed by atoms with Crippen LogP contribution in [0.25, 0.3) is 0 Å². The molecule has 0 atom stereocenters. The molecule has 0 N–H and O–H groups in total. The minimum Gasteiger partial charge on any atom is -0.479 e. The quantitative estimate of drug-likeness (QED) is 0.456. The average Bonchev–Trinajstić information content (AvgIpc) is 2.83. The second-order valence-electron chi connectivity index (χ2n) is 3.61. The van der Waals surface area contributed by atoms with Crippen molar-refractivity contribution in [2.24, 2.45) is 0 Å². The van der Waals surface area contributed by atoms with Crippen LogP contribution in [0.2, 0.25) is 0 Å². The molecule has 0 radical (unpaired) electrons. The van der Waals surface area contributed by atoms with Crippen LogP contribution in [-0.2, 0) is 0 Å². The van der Waals surface area contributed by atoms with E-state index in [9.17, 15) is 22.4 Å². The number of ketones is 1. The Morgan fingerprint density at radius 1 is 1.15 bits per heavy atom. The van der Waals surface area contributed by atoms with Gasteiger partial charge in [-0.2, -0.15) is 8.78 Å². The summed E-state index contributed by atoms with van der Waals surface area (Å²) in [7, 11) is 0. The summed E-state index contributed by atoms with van der Waals surface area (Å²) in [5, 5.41) is 0. The lowest BCUT2D eigenvalue weighted by molar-refractivity contribution is 0.0918. The van der Waals surface area contributed by atoms with Gasteiger partial charge in [0.2, 0.25) is 17.4 Å². The van der Waals surface area contributed by atoms with Crippen molar-refractivity contribution in [1.82, 2.24) is 0 Å². The lowest BCUT2D eigenvalue weighted by Gasteiger charge is -2.08. The number of carbonyl (C=O) groups excluding carboxylic acids is 1. The van der Waals surface area contributed by atoms with Crippen molar-refractivity contribution < 1.29 is 27.1 Å². The molecule has 2 aromatic rings. The Labute approximate surface area is 123 Å². The zero-order valence-electron chi connectivity index (χ0n) is 9.55. The molecule has 1 heterocycles. The topological polar surface area (TPSA) is 26.3 Å². The molecule has 2 rings (SSSR count). The predicted molar refractivity (Wildman–Crippen MR) is 68.1 cm³/mol. The van der Waals surface area contributed by atoms with Gasteiger partial charge >= 0.3 is 0 Å². The molecule has 8 heteroatoms. The minimum absolute atomic E-state index is 0.0652. The Morgan fingerprint density at radius 3 is 2.25 bits per heavy atom. The summed E-state index contributed by atoms with van der Waals surface area (Å²) in [5.74, 6) is -8.35. The van der Waals surface area contributed by atoms with Gasteiger partial charge in [-0.3, -0.25) is 4.79 Å². The van der Waals surface area contributed by atoms with Gasteiger partial charge in [-0.05, 0) is 28.1 Å². The summed E-state index contributed by atoms with van der Waals surface area (Å²) >= 11 is 4.24. The third kappa shape index (κ3) is 3.01. The van der Waals surface area contributed by atoms with E-state index in [2.05, 4.69) is 20.7 Å². The number of halogens is 5. The van der Waals surface area contributed by atoms with Crippen LogP contribution in [0.4, 0.5) is 17.6 Å². The highest BCUT2D eigenvalue weighted by atomic mass is 79.9. The summed E-state index contributed by atoms with van der Waals surface area (Å²) < 4.78 is 57.6. The van der Waals surface area contributed by atoms with Crippen LogP contribution in [0.1, 0.15) is 9.67 Å². The largest absolute Gasteiger partial charge is 0.479 e. The molecule has 0 aliphatic rings. The van der Waals surface area contributed by atoms with Crippen LogP contribution in [0, 0.1) is 23.3 Å². The lowest BCUT2D eigenvalue weighted by Crippen LogP contribution is -2.13. The number of rotatable bonds is 4. The SMILES string of the molecule is O=C(COc1c(F)c(F)cc(F)c1F)c1ccc(Br)s1. The lowest BCUT2D eigenvalue weighted by atomic mass is 10.3. The number of Topliss-reactive ketones (excluding diaryl/α,β-unsaturated/α-hetero) is 1. The Bertz CT molecular complexity index is 645. The first-order valence-corrected chi connectivity index (χ1v) is 6.75. The standard InChI is InChI=1S/C12H5BrF4O2S/c13-9-2-1-8(20-9)7(18)4-19-12-10(16)5(14)3-6(15)11(12)17/h1-3H,4H2. The molecule has 0 saturated heterocycles. The maximum atomic E-state index is 13.3. The third-order valence-electron chi connectivity index (χ3n) is 2.27. The molecule has 0 aliphatic carbocycles. The maximum absolute atomic E-state index is 13.3. The van der Waals surface area contributed by atoms with Crippen LogP contribution < -0.4 is 4.74 Å². The smallest absolute Gasteiger partial charge is 0.210 e. The molecule has 1 aromatic carbocycles. The minimum atomic E-state index is -1.68. The zero-order valence-corrected chi connectivity index (χ0v) is 12.0. The van der Waals surface area contributed by atoms with E-state index in [0.29, 0.717) is 3.79 Å². The summed E-state index contributed by atoms with van der Waals surface area (Å²) in [6, 6.07) is 3.16. The first kappa shape index (κ1) is 15.0. The van der Waals surface area contributed by atoms with E-state index >= 15 is 0 Å². The van der Waals surface area contributed by atoms with Gasteiger partial charge in [0.05, 0.1) is 8.66 Å². The number of ether oxygens (including phenoxy) is 1. The zero-order chi connectivity index (χ0) is 14.9. The molecule has 0 amide bonds. The van der Waals surface area contributed by atoms with Crippen LogP contribution >= 0.6 is 27.3 Å².